The van der Waals surface area contributed by atoms with Crippen molar-refractivity contribution in [3.05, 3.63) is 35.4 Å². The second-order valence-electron chi connectivity index (χ2n) is 5.94. The number of hydrogen-bond donors (Lipinski definition) is 1. The highest BCUT2D eigenvalue weighted by Gasteiger charge is 2.36. The van der Waals surface area contributed by atoms with Gasteiger partial charge in [0.2, 0.25) is 5.91 Å². The first kappa shape index (κ1) is 14.4. The largest absolute Gasteiger partial charge is 0.334 e. The smallest absolute Gasteiger partial charge is 0.240 e. The molecule has 5 heteroatoms. The van der Waals surface area contributed by atoms with E-state index in [-0.39, 0.29) is 24.5 Å². The van der Waals surface area contributed by atoms with E-state index in [0.717, 1.165) is 44.7 Å². The lowest BCUT2D eigenvalue weighted by atomic mass is 10.0. The molecule has 1 amide bonds. The Morgan fingerprint density at radius 2 is 2.05 bits per heavy atom. The molecule has 0 spiro atoms. The van der Waals surface area contributed by atoms with Crippen LogP contribution in [0.15, 0.2) is 18.2 Å². The molecule has 2 fully saturated rings. The maximum absolute atomic E-state index is 13.8. The Kier molecular flexibility index (Phi) is 4.19. The fourth-order valence-corrected chi connectivity index (χ4v) is 2.87. The molecule has 1 saturated heterocycles. The quantitative estimate of drug-likeness (QED) is 0.926. The van der Waals surface area contributed by atoms with Gasteiger partial charge in [0.25, 0.3) is 0 Å². The van der Waals surface area contributed by atoms with Gasteiger partial charge in [-0.25, -0.2) is 8.78 Å². The van der Waals surface area contributed by atoms with Crippen molar-refractivity contribution in [1.29, 1.82) is 0 Å². The molecule has 3 nitrogen and oxygen atoms in total. The Morgan fingerprint density at radius 3 is 2.67 bits per heavy atom. The first-order valence-corrected chi connectivity index (χ1v) is 7.63. The number of carbonyl (C=O) groups excluding carboxylic acids is 1. The van der Waals surface area contributed by atoms with Gasteiger partial charge in [-0.05, 0) is 38.3 Å². The molecule has 1 atom stereocenters. The van der Waals surface area contributed by atoms with Gasteiger partial charge < -0.3 is 10.2 Å². The number of rotatable bonds is 4. The van der Waals surface area contributed by atoms with Crippen molar-refractivity contribution in [2.24, 2.45) is 0 Å². The summed E-state index contributed by atoms with van der Waals surface area (Å²) in [7, 11) is 0. The number of carbonyl (C=O) groups is 1. The first-order chi connectivity index (χ1) is 10.1. The Balaban J connectivity index is 1.73. The van der Waals surface area contributed by atoms with Crippen LogP contribution in [0.2, 0.25) is 0 Å². The predicted octanol–water partition coefficient (Wildman–Crippen LogP) is 2.60. The summed E-state index contributed by atoms with van der Waals surface area (Å²) >= 11 is 0. The van der Waals surface area contributed by atoms with Gasteiger partial charge in [0.05, 0.1) is 6.04 Å². The molecule has 1 heterocycles. The van der Waals surface area contributed by atoms with Crippen molar-refractivity contribution in [2.75, 3.05) is 6.54 Å². The van der Waals surface area contributed by atoms with Crippen LogP contribution in [0.1, 0.15) is 37.7 Å². The van der Waals surface area contributed by atoms with Crippen LogP contribution in [-0.2, 0) is 11.3 Å². The van der Waals surface area contributed by atoms with E-state index >= 15 is 0 Å². The third-order valence-electron chi connectivity index (χ3n) is 4.23. The lowest BCUT2D eigenvalue weighted by Gasteiger charge is -2.30. The SMILES string of the molecule is O=C(C1CCCCN1)N(Cc1ccc(F)cc1F)C1CC1. The van der Waals surface area contributed by atoms with Gasteiger partial charge >= 0.3 is 0 Å². The van der Waals surface area contributed by atoms with Crippen LogP contribution < -0.4 is 5.32 Å². The lowest BCUT2D eigenvalue weighted by Crippen LogP contribution is -2.49. The van der Waals surface area contributed by atoms with Crippen LogP contribution in [0.4, 0.5) is 8.78 Å². The van der Waals surface area contributed by atoms with Crippen molar-refractivity contribution < 1.29 is 13.6 Å². The topological polar surface area (TPSA) is 32.3 Å². The molecule has 21 heavy (non-hydrogen) atoms. The number of nitrogens with one attached hydrogen (secondary N) is 1. The third-order valence-corrected chi connectivity index (χ3v) is 4.23. The number of halogens is 2. The zero-order valence-electron chi connectivity index (χ0n) is 11.9. The second-order valence-corrected chi connectivity index (χ2v) is 5.94. The van der Waals surface area contributed by atoms with E-state index in [2.05, 4.69) is 5.32 Å². The molecule has 1 unspecified atom stereocenters. The maximum Gasteiger partial charge on any atom is 0.240 e. The summed E-state index contributed by atoms with van der Waals surface area (Å²) in [5.74, 6) is -1.11. The zero-order chi connectivity index (χ0) is 14.8. The average Bonchev–Trinajstić information content (AvgIpc) is 3.31. The highest BCUT2D eigenvalue weighted by Crippen LogP contribution is 2.30. The molecule has 2 aliphatic rings. The standard InChI is InChI=1S/C16H20F2N2O/c17-12-5-4-11(14(18)9-12)10-20(13-6-7-13)16(21)15-3-1-2-8-19-15/h4-5,9,13,15,19H,1-3,6-8,10H2. The van der Waals surface area contributed by atoms with Crippen molar-refractivity contribution in [3.63, 3.8) is 0 Å². The molecule has 1 saturated carbocycles. The van der Waals surface area contributed by atoms with E-state index in [4.69, 9.17) is 0 Å². The fraction of sp³-hybridized carbons (Fsp3) is 0.562. The molecule has 1 aliphatic carbocycles. The molecule has 0 radical (unpaired) electrons. The number of piperidine rings is 1. The van der Waals surface area contributed by atoms with Gasteiger partial charge in [-0.2, -0.15) is 0 Å². The van der Waals surface area contributed by atoms with Crippen LogP contribution in [0.25, 0.3) is 0 Å². The van der Waals surface area contributed by atoms with Crippen LogP contribution in [0, 0.1) is 11.6 Å². The molecule has 1 aromatic carbocycles. The van der Waals surface area contributed by atoms with Crippen LogP contribution in [-0.4, -0.2) is 29.4 Å². The van der Waals surface area contributed by atoms with E-state index in [1.54, 1.807) is 4.90 Å². The molecular weight excluding hydrogens is 274 g/mol. The number of amides is 1. The molecule has 1 aromatic rings. The van der Waals surface area contributed by atoms with Gasteiger partial charge in [0, 0.05) is 24.2 Å². The van der Waals surface area contributed by atoms with Crippen LogP contribution in [0.5, 0.6) is 0 Å². The Labute approximate surface area is 123 Å². The first-order valence-electron chi connectivity index (χ1n) is 7.63. The summed E-state index contributed by atoms with van der Waals surface area (Å²) in [6.45, 7) is 1.09. The minimum absolute atomic E-state index is 0.0564. The molecule has 0 aromatic heterocycles. The van der Waals surface area contributed by atoms with Crippen molar-refractivity contribution >= 4 is 5.91 Å². The zero-order valence-corrected chi connectivity index (χ0v) is 11.9. The van der Waals surface area contributed by atoms with Gasteiger partial charge in [-0.15, -0.1) is 0 Å². The van der Waals surface area contributed by atoms with Crippen molar-refractivity contribution in [1.82, 2.24) is 10.2 Å². The number of nitrogens with zero attached hydrogens (tertiary/aromatic N) is 1. The van der Waals surface area contributed by atoms with E-state index in [9.17, 15) is 13.6 Å². The monoisotopic (exact) mass is 294 g/mol. The summed E-state index contributed by atoms with van der Waals surface area (Å²) in [6, 6.07) is 3.62. The summed E-state index contributed by atoms with van der Waals surface area (Å²) in [4.78, 5) is 14.4. The third kappa shape index (κ3) is 3.40. The highest BCUT2D eigenvalue weighted by molar-refractivity contribution is 5.82. The Bertz CT molecular complexity index is 525. The summed E-state index contributed by atoms with van der Waals surface area (Å²) in [5, 5.41) is 3.25. The van der Waals surface area contributed by atoms with Crippen LogP contribution >= 0.6 is 0 Å². The summed E-state index contributed by atoms with van der Waals surface area (Å²) in [5.41, 5.74) is 0.382. The molecule has 1 aliphatic heterocycles. The lowest BCUT2D eigenvalue weighted by molar-refractivity contribution is -0.135. The van der Waals surface area contributed by atoms with E-state index in [0.29, 0.717) is 5.56 Å². The minimum atomic E-state index is -0.588. The molecule has 0 bridgehead atoms. The average molecular weight is 294 g/mol. The molecule has 1 N–H and O–H groups in total. The predicted molar refractivity (Wildman–Crippen MR) is 75.6 cm³/mol. The van der Waals surface area contributed by atoms with Crippen LogP contribution in [0.3, 0.4) is 0 Å². The van der Waals surface area contributed by atoms with Gasteiger partial charge in [0.1, 0.15) is 11.6 Å². The Hall–Kier alpha value is -1.49. The maximum atomic E-state index is 13.8. The Morgan fingerprint density at radius 1 is 1.24 bits per heavy atom. The second kappa shape index (κ2) is 6.10. The molecular formula is C16H20F2N2O. The number of hydrogen-bond acceptors (Lipinski definition) is 2. The van der Waals surface area contributed by atoms with Gasteiger partial charge in [-0.3, -0.25) is 4.79 Å². The van der Waals surface area contributed by atoms with Gasteiger partial charge in [-0.1, -0.05) is 12.5 Å². The normalized spacial score (nSPS) is 22.1. The van der Waals surface area contributed by atoms with E-state index in [1.807, 2.05) is 0 Å². The van der Waals surface area contributed by atoms with Crippen molar-refractivity contribution in [2.45, 2.75) is 50.7 Å². The summed E-state index contributed by atoms with van der Waals surface area (Å²) < 4.78 is 26.8. The number of benzene rings is 1. The van der Waals surface area contributed by atoms with Gasteiger partial charge in [0.15, 0.2) is 0 Å². The van der Waals surface area contributed by atoms with E-state index < -0.39 is 11.6 Å². The highest BCUT2D eigenvalue weighted by atomic mass is 19.1. The van der Waals surface area contributed by atoms with Crippen molar-refractivity contribution in [3.8, 4) is 0 Å². The minimum Gasteiger partial charge on any atom is -0.334 e. The fourth-order valence-electron chi connectivity index (χ4n) is 2.87. The summed E-state index contributed by atoms with van der Waals surface area (Å²) in [6.07, 6.45) is 4.93. The van der Waals surface area contributed by atoms with E-state index in [1.165, 1.54) is 12.1 Å². The molecule has 3 rings (SSSR count). The molecule has 114 valence electrons.